The first kappa shape index (κ1) is 10.0. The van der Waals surface area contributed by atoms with Crippen molar-refractivity contribution in [3.63, 3.8) is 0 Å². The van der Waals surface area contributed by atoms with Crippen LogP contribution in [0.2, 0.25) is 0 Å². The van der Waals surface area contributed by atoms with E-state index in [-0.39, 0.29) is 6.10 Å². The predicted molar refractivity (Wildman–Crippen MR) is 52.0 cm³/mol. The lowest BCUT2D eigenvalue weighted by atomic mass is 9.93. The highest BCUT2D eigenvalue weighted by Crippen LogP contribution is 2.34. The van der Waals surface area contributed by atoms with Crippen LogP contribution in [0, 0.1) is 11.8 Å². The lowest BCUT2D eigenvalue weighted by molar-refractivity contribution is 0.0906. The molecule has 72 valence electrons. The predicted octanol–water partition coefficient (Wildman–Crippen LogP) is 2.97. The summed E-state index contributed by atoms with van der Waals surface area (Å²) in [5, 5.41) is 9.79. The van der Waals surface area contributed by atoms with Gasteiger partial charge in [-0.2, -0.15) is 0 Å². The largest absolute Gasteiger partial charge is 0.393 e. The maximum absolute atomic E-state index is 9.79. The average molecular weight is 170 g/mol. The van der Waals surface area contributed by atoms with Crippen molar-refractivity contribution in [1.82, 2.24) is 0 Å². The zero-order valence-electron chi connectivity index (χ0n) is 8.42. The molecular weight excluding hydrogens is 148 g/mol. The molecule has 12 heavy (non-hydrogen) atoms. The Morgan fingerprint density at radius 1 is 1.25 bits per heavy atom. The first-order valence-corrected chi connectivity index (χ1v) is 5.46. The molecule has 0 aliphatic heterocycles. The van der Waals surface area contributed by atoms with E-state index in [1.54, 1.807) is 0 Å². The molecule has 0 saturated heterocycles. The minimum Gasteiger partial charge on any atom is -0.393 e. The highest BCUT2D eigenvalue weighted by atomic mass is 16.3. The Bertz CT molecular complexity index is 114. The number of aliphatic hydroxyl groups is 1. The molecule has 1 saturated carbocycles. The van der Waals surface area contributed by atoms with Crippen LogP contribution in [0.25, 0.3) is 0 Å². The quantitative estimate of drug-likeness (QED) is 0.649. The Hall–Kier alpha value is -0.0400. The molecule has 1 fully saturated rings. The Balaban J connectivity index is 2.10. The van der Waals surface area contributed by atoms with Gasteiger partial charge in [-0.15, -0.1) is 0 Å². The highest BCUT2D eigenvalue weighted by molar-refractivity contribution is 4.76. The van der Waals surface area contributed by atoms with E-state index in [0.717, 1.165) is 25.2 Å². The van der Waals surface area contributed by atoms with E-state index in [1.807, 2.05) is 0 Å². The van der Waals surface area contributed by atoms with E-state index in [0.29, 0.717) is 5.92 Å². The second kappa shape index (κ2) is 4.86. The first-order valence-electron chi connectivity index (χ1n) is 5.46. The van der Waals surface area contributed by atoms with Gasteiger partial charge in [0, 0.05) is 0 Å². The zero-order valence-corrected chi connectivity index (χ0v) is 8.42. The molecular formula is C11H22O. The van der Waals surface area contributed by atoms with Gasteiger partial charge in [-0.1, -0.05) is 39.5 Å². The van der Waals surface area contributed by atoms with E-state index in [2.05, 4.69) is 13.8 Å². The molecule has 0 radical (unpaired) electrons. The van der Waals surface area contributed by atoms with E-state index in [4.69, 9.17) is 0 Å². The minimum absolute atomic E-state index is 0.0272. The van der Waals surface area contributed by atoms with Crippen LogP contribution in [0.3, 0.4) is 0 Å². The van der Waals surface area contributed by atoms with E-state index >= 15 is 0 Å². The number of hydrogen-bond acceptors (Lipinski definition) is 1. The van der Waals surface area contributed by atoms with E-state index in [1.165, 1.54) is 19.3 Å². The maximum Gasteiger partial charge on any atom is 0.0568 e. The standard InChI is InChI=1S/C11H22O/c1-3-10(4-2)11(12)8-7-9-5-6-9/h9-12H,3-8H2,1-2H3. The molecule has 0 heterocycles. The van der Waals surface area contributed by atoms with Crippen LogP contribution < -0.4 is 0 Å². The number of aliphatic hydroxyl groups excluding tert-OH is 1. The summed E-state index contributed by atoms with van der Waals surface area (Å²) < 4.78 is 0. The molecule has 0 bridgehead atoms. The van der Waals surface area contributed by atoms with Gasteiger partial charge in [0.2, 0.25) is 0 Å². The van der Waals surface area contributed by atoms with Gasteiger partial charge in [0.05, 0.1) is 6.10 Å². The highest BCUT2D eigenvalue weighted by Gasteiger charge is 2.23. The van der Waals surface area contributed by atoms with Gasteiger partial charge in [0.25, 0.3) is 0 Å². The monoisotopic (exact) mass is 170 g/mol. The smallest absolute Gasteiger partial charge is 0.0568 e. The average Bonchev–Trinajstić information content (AvgIpc) is 2.86. The summed E-state index contributed by atoms with van der Waals surface area (Å²) in [7, 11) is 0. The van der Waals surface area contributed by atoms with Crippen LogP contribution >= 0.6 is 0 Å². The third-order valence-electron chi connectivity index (χ3n) is 3.16. The van der Waals surface area contributed by atoms with Crippen molar-refractivity contribution >= 4 is 0 Å². The van der Waals surface area contributed by atoms with Crippen LogP contribution in [0.1, 0.15) is 52.4 Å². The molecule has 1 aliphatic rings. The summed E-state index contributed by atoms with van der Waals surface area (Å²) in [6.07, 6.45) is 7.35. The first-order chi connectivity index (χ1) is 5.77. The van der Waals surface area contributed by atoms with Crippen molar-refractivity contribution in [3.8, 4) is 0 Å². The Morgan fingerprint density at radius 3 is 2.25 bits per heavy atom. The molecule has 1 N–H and O–H groups in total. The summed E-state index contributed by atoms with van der Waals surface area (Å²) in [5.74, 6) is 1.51. The molecule has 1 heteroatoms. The van der Waals surface area contributed by atoms with Crippen molar-refractivity contribution in [3.05, 3.63) is 0 Å². The molecule has 1 nitrogen and oxygen atoms in total. The second-order valence-corrected chi connectivity index (χ2v) is 4.16. The zero-order chi connectivity index (χ0) is 8.97. The van der Waals surface area contributed by atoms with Gasteiger partial charge >= 0.3 is 0 Å². The molecule has 0 aromatic carbocycles. The third-order valence-corrected chi connectivity index (χ3v) is 3.16. The normalized spacial score (nSPS) is 20.0. The summed E-state index contributed by atoms with van der Waals surface area (Å²) in [4.78, 5) is 0. The molecule has 0 aromatic heterocycles. The molecule has 1 unspecified atom stereocenters. The fraction of sp³-hybridized carbons (Fsp3) is 1.00. The fourth-order valence-corrected chi connectivity index (χ4v) is 1.88. The Morgan fingerprint density at radius 2 is 1.83 bits per heavy atom. The second-order valence-electron chi connectivity index (χ2n) is 4.16. The lowest BCUT2D eigenvalue weighted by Crippen LogP contribution is -2.19. The van der Waals surface area contributed by atoms with Crippen molar-refractivity contribution in [2.45, 2.75) is 58.5 Å². The van der Waals surface area contributed by atoms with Crippen molar-refractivity contribution in [2.24, 2.45) is 11.8 Å². The summed E-state index contributed by atoms with van der Waals surface area (Å²) in [6, 6.07) is 0. The Labute approximate surface area is 76.2 Å². The van der Waals surface area contributed by atoms with Gasteiger partial charge in [0.1, 0.15) is 0 Å². The molecule has 0 aromatic rings. The van der Waals surface area contributed by atoms with Gasteiger partial charge < -0.3 is 5.11 Å². The van der Waals surface area contributed by atoms with Crippen LogP contribution in [-0.2, 0) is 0 Å². The lowest BCUT2D eigenvalue weighted by Gasteiger charge is -2.19. The van der Waals surface area contributed by atoms with Crippen molar-refractivity contribution < 1.29 is 5.11 Å². The van der Waals surface area contributed by atoms with Crippen molar-refractivity contribution in [1.29, 1.82) is 0 Å². The van der Waals surface area contributed by atoms with Crippen LogP contribution in [-0.4, -0.2) is 11.2 Å². The van der Waals surface area contributed by atoms with Gasteiger partial charge in [0.15, 0.2) is 0 Å². The molecule has 1 rings (SSSR count). The number of hydrogen-bond donors (Lipinski definition) is 1. The number of rotatable bonds is 6. The molecule has 1 aliphatic carbocycles. The minimum atomic E-state index is -0.0272. The summed E-state index contributed by atoms with van der Waals surface area (Å²) in [5.41, 5.74) is 0. The molecule has 0 spiro atoms. The third kappa shape index (κ3) is 3.14. The van der Waals surface area contributed by atoms with Crippen molar-refractivity contribution in [2.75, 3.05) is 0 Å². The molecule has 1 atom stereocenters. The Kier molecular flexibility index (Phi) is 4.07. The van der Waals surface area contributed by atoms with E-state index in [9.17, 15) is 5.11 Å². The topological polar surface area (TPSA) is 20.2 Å². The van der Waals surface area contributed by atoms with Crippen LogP contribution in [0.15, 0.2) is 0 Å². The maximum atomic E-state index is 9.79. The fourth-order valence-electron chi connectivity index (χ4n) is 1.88. The van der Waals surface area contributed by atoms with Crippen LogP contribution in [0.4, 0.5) is 0 Å². The van der Waals surface area contributed by atoms with E-state index < -0.39 is 0 Å². The van der Waals surface area contributed by atoms with Gasteiger partial charge in [-0.05, 0) is 24.7 Å². The summed E-state index contributed by atoms with van der Waals surface area (Å²) in [6.45, 7) is 4.35. The SMILES string of the molecule is CCC(CC)C(O)CCC1CC1. The van der Waals surface area contributed by atoms with Gasteiger partial charge in [-0.25, -0.2) is 0 Å². The summed E-state index contributed by atoms with van der Waals surface area (Å²) >= 11 is 0. The van der Waals surface area contributed by atoms with Gasteiger partial charge in [-0.3, -0.25) is 0 Å². The molecule has 0 amide bonds. The van der Waals surface area contributed by atoms with Crippen LogP contribution in [0.5, 0.6) is 0 Å².